The van der Waals surface area contributed by atoms with Crippen LogP contribution in [-0.4, -0.2) is 17.3 Å². The molecule has 4 rings (SSSR count). The molecule has 6 heteroatoms. The highest BCUT2D eigenvalue weighted by Crippen LogP contribution is 2.55. The maximum absolute atomic E-state index is 11.0. The Kier molecular flexibility index (Phi) is 3.56. The number of non-ortho nitro benzene ring substituents is 1. The molecule has 0 saturated heterocycles. The first kappa shape index (κ1) is 16.6. The summed E-state index contributed by atoms with van der Waals surface area (Å²) in [4.78, 5) is 16.6. The van der Waals surface area contributed by atoms with E-state index in [1.807, 2.05) is 42.3 Å². The van der Waals surface area contributed by atoms with E-state index in [2.05, 4.69) is 19.9 Å². The molecule has 26 heavy (non-hydrogen) atoms. The quantitative estimate of drug-likeness (QED) is 0.603. The molecule has 0 amide bonds. The minimum Gasteiger partial charge on any atom is -0.461 e. The maximum atomic E-state index is 11.0. The Balaban J connectivity index is 1.86. The molecule has 1 unspecified atom stereocenters. The number of nitro benzene ring substituents is 1. The van der Waals surface area contributed by atoms with Crippen molar-refractivity contribution in [2.75, 3.05) is 11.7 Å². The van der Waals surface area contributed by atoms with E-state index in [-0.39, 0.29) is 5.69 Å². The minimum atomic E-state index is -0.865. The summed E-state index contributed by atoms with van der Waals surface area (Å²) in [5, 5.41) is 12.9. The van der Waals surface area contributed by atoms with Gasteiger partial charge >= 0.3 is 0 Å². The van der Waals surface area contributed by atoms with Crippen molar-refractivity contribution in [1.29, 1.82) is 0 Å². The van der Waals surface area contributed by atoms with Gasteiger partial charge in [-0.15, -0.1) is 0 Å². The van der Waals surface area contributed by atoms with E-state index in [9.17, 15) is 10.1 Å². The van der Waals surface area contributed by atoms with Crippen LogP contribution in [0, 0.1) is 10.1 Å². The van der Waals surface area contributed by atoms with Crippen LogP contribution in [0.2, 0.25) is 0 Å². The van der Waals surface area contributed by atoms with Crippen LogP contribution in [-0.2, 0) is 10.3 Å². The number of hydrogen-bond acceptors (Lipinski definition) is 5. The molecule has 2 aliphatic heterocycles. The number of benzene rings is 2. The van der Waals surface area contributed by atoms with Crippen LogP contribution in [0.1, 0.15) is 31.9 Å². The highest BCUT2D eigenvalue weighted by molar-refractivity contribution is 5.72. The first-order valence-corrected chi connectivity index (χ1v) is 8.60. The number of nitrogens with zero attached hydrogens (tertiary/aromatic N) is 2. The highest BCUT2D eigenvalue weighted by Gasteiger charge is 2.60. The zero-order valence-electron chi connectivity index (χ0n) is 14.9. The molecule has 6 nitrogen and oxygen atoms in total. The predicted molar refractivity (Wildman–Crippen MR) is 99.1 cm³/mol. The van der Waals surface area contributed by atoms with Crippen LogP contribution in [0.5, 0.6) is 5.75 Å². The maximum Gasteiger partial charge on any atom is 0.270 e. The van der Waals surface area contributed by atoms with Gasteiger partial charge in [-0.3, -0.25) is 15.0 Å². The normalized spacial score (nSPS) is 22.0. The molecule has 0 fully saturated rings. The summed E-state index contributed by atoms with van der Waals surface area (Å²) in [5.41, 5.74) is 1.57. The molecule has 2 aromatic rings. The SMILES string of the molecule is CCON1c2ccccc2C(C)(C)C12C=Cc1cc([N+](=O)[O-])ccc1O2. The molecule has 1 atom stereocenters. The predicted octanol–water partition coefficient (Wildman–Crippen LogP) is 4.45. The van der Waals surface area contributed by atoms with Gasteiger partial charge in [0.2, 0.25) is 5.72 Å². The number of anilines is 1. The number of hydrogen-bond donors (Lipinski definition) is 0. The summed E-state index contributed by atoms with van der Waals surface area (Å²) in [5.74, 6) is 0.601. The Morgan fingerprint density at radius 1 is 1.23 bits per heavy atom. The van der Waals surface area contributed by atoms with Crippen LogP contribution < -0.4 is 9.80 Å². The summed E-state index contributed by atoms with van der Waals surface area (Å²) >= 11 is 0. The Morgan fingerprint density at radius 2 is 2.00 bits per heavy atom. The van der Waals surface area contributed by atoms with Crippen molar-refractivity contribution >= 4 is 17.5 Å². The summed E-state index contributed by atoms with van der Waals surface area (Å²) in [7, 11) is 0. The zero-order chi connectivity index (χ0) is 18.5. The summed E-state index contributed by atoms with van der Waals surface area (Å²) in [6, 6.07) is 12.7. The minimum absolute atomic E-state index is 0.0450. The molecule has 0 N–H and O–H groups in total. The van der Waals surface area contributed by atoms with E-state index < -0.39 is 16.1 Å². The van der Waals surface area contributed by atoms with Crippen molar-refractivity contribution < 1.29 is 14.5 Å². The van der Waals surface area contributed by atoms with Crippen molar-refractivity contribution in [1.82, 2.24) is 0 Å². The Bertz CT molecular complexity index is 922. The van der Waals surface area contributed by atoms with Crippen molar-refractivity contribution in [2.45, 2.75) is 31.9 Å². The summed E-state index contributed by atoms with van der Waals surface area (Å²) < 4.78 is 6.47. The molecule has 2 heterocycles. The van der Waals surface area contributed by atoms with E-state index in [0.29, 0.717) is 17.9 Å². The van der Waals surface area contributed by atoms with Gasteiger partial charge in [-0.05, 0) is 50.6 Å². The van der Waals surface area contributed by atoms with Crippen molar-refractivity contribution in [2.24, 2.45) is 0 Å². The monoisotopic (exact) mass is 352 g/mol. The average molecular weight is 352 g/mol. The number of para-hydroxylation sites is 1. The molecular weight excluding hydrogens is 332 g/mol. The molecule has 0 bridgehead atoms. The zero-order valence-corrected chi connectivity index (χ0v) is 14.9. The lowest BCUT2D eigenvalue weighted by molar-refractivity contribution is -0.384. The van der Waals surface area contributed by atoms with Gasteiger partial charge in [0, 0.05) is 17.7 Å². The average Bonchev–Trinajstić information content (AvgIpc) is 2.81. The van der Waals surface area contributed by atoms with Crippen molar-refractivity contribution in [3.63, 3.8) is 0 Å². The Hall–Kier alpha value is -2.86. The fourth-order valence-electron chi connectivity index (χ4n) is 3.82. The van der Waals surface area contributed by atoms with Crippen LogP contribution in [0.25, 0.3) is 6.08 Å². The topological polar surface area (TPSA) is 64.8 Å². The summed E-state index contributed by atoms with van der Waals surface area (Å²) in [6.07, 6.45) is 3.82. The first-order chi connectivity index (χ1) is 12.4. The van der Waals surface area contributed by atoms with E-state index in [4.69, 9.17) is 9.57 Å². The third-order valence-corrected chi connectivity index (χ3v) is 5.21. The van der Waals surface area contributed by atoms with Gasteiger partial charge in [0.25, 0.3) is 5.69 Å². The van der Waals surface area contributed by atoms with Gasteiger partial charge in [0.1, 0.15) is 5.75 Å². The van der Waals surface area contributed by atoms with Crippen LogP contribution in [0.4, 0.5) is 11.4 Å². The second-order valence-electron chi connectivity index (χ2n) is 6.97. The number of rotatable bonds is 3. The second kappa shape index (κ2) is 5.57. The fraction of sp³-hybridized carbons (Fsp3) is 0.300. The second-order valence-corrected chi connectivity index (χ2v) is 6.97. The van der Waals surface area contributed by atoms with Gasteiger partial charge in [-0.2, -0.15) is 0 Å². The molecule has 1 spiro atoms. The van der Waals surface area contributed by atoms with Gasteiger partial charge in [-0.25, -0.2) is 5.06 Å². The van der Waals surface area contributed by atoms with Crippen LogP contribution in [0.3, 0.4) is 0 Å². The lowest BCUT2D eigenvalue weighted by Gasteiger charge is -2.45. The van der Waals surface area contributed by atoms with E-state index in [1.54, 1.807) is 6.07 Å². The molecule has 0 aliphatic carbocycles. The first-order valence-electron chi connectivity index (χ1n) is 8.60. The van der Waals surface area contributed by atoms with Crippen LogP contribution >= 0.6 is 0 Å². The lowest BCUT2D eigenvalue weighted by Crippen LogP contribution is -2.59. The standard InChI is InChI=1S/C20H20N2O4/c1-4-25-21-17-8-6-5-7-16(17)19(2,3)20(21)12-11-14-13-15(22(23)24)9-10-18(14)26-20/h5-13H,4H2,1-3H3. The Labute approximate surface area is 151 Å². The third kappa shape index (κ3) is 2.08. The van der Waals surface area contributed by atoms with Crippen molar-refractivity contribution in [3.8, 4) is 5.75 Å². The Morgan fingerprint density at radius 3 is 2.73 bits per heavy atom. The van der Waals surface area contributed by atoms with Gasteiger partial charge in [0.05, 0.1) is 22.6 Å². The van der Waals surface area contributed by atoms with Crippen LogP contribution in [0.15, 0.2) is 48.5 Å². The number of hydroxylamine groups is 1. The largest absolute Gasteiger partial charge is 0.461 e. The fourth-order valence-corrected chi connectivity index (χ4v) is 3.82. The van der Waals surface area contributed by atoms with E-state index in [0.717, 1.165) is 11.3 Å². The molecule has 0 saturated carbocycles. The van der Waals surface area contributed by atoms with Gasteiger partial charge in [0.15, 0.2) is 0 Å². The molecule has 0 radical (unpaired) electrons. The third-order valence-electron chi connectivity index (χ3n) is 5.21. The highest BCUT2D eigenvalue weighted by atomic mass is 16.7. The molecular formula is C20H20N2O4. The molecule has 2 aromatic carbocycles. The smallest absolute Gasteiger partial charge is 0.270 e. The molecule has 134 valence electrons. The summed E-state index contributed by atoms with van der Waals surface area (Å²) in [6.45, 7) is 6.67. The van der Waals surface area contributed by atoms with Crippen molar-refractivity contribution in [3.05, 3.63) is 69.8 Å². The van der Waals surface area contributed by atoms with Gasteiger partial charge < -0.3 is 4.74 Å². The van der Waals surface area contributed by atoms with Gasteiger partial charge in [-0.1, -0.05) is 18.2 Å². The van der Waals surface area contributed by atoms with E-state index in [1.165, 1.54) is 12.1 Å². The number of nitro groups is 1. The number of fused-ring (bicyclic) bond motifs is 2. The van der Waals surface area contributed by atoms with E-state index >= 15 is 0 Å². The number of ether oxygens (including phenoxy) is 1. The molecule has 0 aromatic heterocycles. The molecule has 2 aliphatic rings. The lowest BCUT2D eigenvalue weighted by atomic mass is 9.76.